The van der Waals surface area contributed by atoms with Gasteiger partial charge in [0.05, 0.1) is 6.61 Å². The number of rotatable bonds is 6. The Morgan fingerprint density at radius 2 is 2.27 bits per heavy atom. The molecule has 4 heteroatoms. The molecule has 0 amide bonds. The summed E-state index contributed by atoms with van der Waals surface area (Å²) in [5, 5.41) is 4.10. The van der Waals surface area contributed by atoms with Crippen molar-refractivity contribution in [2.75, 3.05) is 33.4 Å². The lowest BCUT2D eigenvalue weighted by atomic mass is 9.85. The second-order valence-corrected chi connectivity index (χ2v) is 4.45. The van der Waals surface area contributed by atoms with Gasteiger partial charge in [-0.25, -0.2) is 0 Å². The number of ether oxygens (including phenoxy) is 1. The molecule has 0 aromatic heterocycles. The van der Waals surface area contributed by atoms with Gasteiger partial charge in [0.15, 0.2) is 5.11 Å². The van der Waals surface area contributed by atoms with Crippen molar-refractivity contribution in [1.29, 1.82) is 0 Å². The van der Waals surface area contributed by atoms with Gasteiger partial charge in [0.25, 0.3) is 0 Å². The molecule has 88 valence electrons. The van der Waals surface area contributed by atoms with Gasteiger partial charge in [-0.1, -0.05) is 6.42 Å². The van der Waals surface area contributed by atoms with Gasteiger partial charge in [-0.05, 0) is 37.9 Å². The normalized spacial score (nSPS) is 15.9. The van der Waals surface area contributed by atoms with Crippen molar-refractivity contribution in [2.45, 2.75) is 26.2 Å². The first-order chi connectivity index (χ1) is 7.27. The van der Waals surface area contributed by atoms with Crippen molar-refractivity contribution >= 4 is 17.3 Å². The molecule has 0 heterocycles. The van der Waals surface area contributed by atoms with Gasteiger partial charge in [-0.2, -0.15) is 0 Å². The van der Waals surface area contributed by atoms with E-state index < -0.39 is 0 Å². The van der Waals surface area contributed by atoms with Gasteiger partial charge in [-0.15, -0.1) is 0 Å². The van der Waals surface area contributed by atoms with Crippen LogP contribution in [0.15, 0.2) is 0 Å². The van der Waals surface area contributed by atoms with Crippen LogP contribution in [0.2, 0.25) is 0 Å². The van der Waals surface area contributed by atoms with Gasteiger partial charge in [0.1, 0.15) is 0 Å². The molecule has 1 aliphatic carbocycles. The zero-order chi connectivity index (χ0) is 11.1. The fraction of sp³-hybridized carbons (Fsp3) is 0.909. The van der Waals surface area contributed by atoms with E-state index in [2.05, 4.69) is 17.1 Å². The molecule has 1 aliphatic rings. The van der Waals surface area contributed by atoms with Crippen molar-refractivity contribution in [2.24, 2.45) is 5.92 Å². The largest absolute Gasteiger partial charge is 0.383 e. The highest BCUT2D eigenvalue weighted by Gasteiger charge is 2.20. The Hall–Kier alpha value is -0.350. The molecule has 1 saturated carbocycles. The molecule has 0 saturated heterocycles. The second-order valence-electron chi connectivity index (χ2n) is 4.06. The van der Waals surface area contributed by atoms with Crippen LogP contribution in [0.3, 0.4) is 0 Å². The molecule has 1 fully saturated rings. The number of thiocarbonyl (C=S) groups is 1. The summed E-state index contributed by atoms with van der Waals surface area (Å²) in [6.07, 6.45) is 4.14. The number of nitrogens with zero attached hydrogens (tertiary/aromatic N) is 1. The van der Waals surface area contributed by atoms with Crippen LogP contribution >= 0.6 is 12.2 Å². The highest BCUT2D eigenvalue weighted by molar-refractivity contribution is 7.80. The highest BCUT2D eigenvalue weighted by Crippen LogP contribution is 2.26. The molecule has 0 aromatic rings. The maximum absolute atomic E-state index is 5.34. The molecule has 0 spiro atoms. The standard InChI is InChI=1S/C11H22N2OS/c1-3-13(9-10-5-4-6-10)11(15)12-7-8-14-2/h10H,3-9H2,1-2H3,(H,12,15). The lowest BCUT2D eigenvalue weighted by Gasteiger charge is -2.33. The van der Waals surface area contributed by atoms with Crippen LogP contribution < -0.4 is 5.32 Å². The van der Waals surface area contributed by atoms with Crippen LogP contribution in [0.1, 0.15) is 26.2 Å². The van der Waals surface area contributed by atoms with E-state index in [0.29, 0.717) is 6.61 Å². The van der Waals surface area contributed by atoms with Crippen LogP contribution in [-0.2, 0) is 4.74 Å². The third-order valence-electron chi connectivity index (χ3n) is 2.95. The number of nitrogens with one attached hydrogen (secondary N) is 1. The molecule has 0 bridgehead atoms. The molecule has 0 aliphatic heterocycles. The van der Waals surface area contributed by atoms with E-state index in [1.165, 1.54) is 19.3 Å². The molecular formula is C11H22N2OS. The van der Waals surface area contributed by atoms with Crippen molar-refractivity contribution in [1.82, 2.24) is 10.2 Å². The van der Waals surface area contributed by atoms with Gasteiger partial charge in [0.2, 0.25) is 0 Å². The first-order valence-corrected chi connectivity index (χ1v) is 6.20. The zero-order valence-corrected chi connectivity index (χ0v) is 10.6. The predicted octanol–water partition coefficient (Wildman–Crippen LogP) is 1.63. The summed E-state index contributed by atoms with van der Waals surface area (Å²) in [6, 6.07) is 0. The quantitative estimate of drug-likeness (QED) is 0.554. The lowest BCUT2D eigenvalue weighted by Crippen LogP contribution is -2.44. The van der Waals surface area contributed by atoms with Crippen molar-refractivity contribution < 1.29 is 4.74 Å². The average molecular weight is 230 g/mol. The number of hydrogen-bond donors (Lipinski definition) is 1. The van der Waals surface area contributed by atoms with Crippen LogP contribution in [0.5, 0.6) is 0 Å². The molecule has 0 radical (unpaired) electrons. The maximum atomic E-state index is 5.34. The van der Waals surface area contributed by atoms with Gasteiger partial charge in [-0.3, -0.25) is 0 Å². The molecule has 1 rings (SSSR count). The number of methoxy groups -OCH3 is 1. The second kappa shape index (κ2) is 7.01. The Balaban J connectivity index is 2.19. The molecule has 15 heavy (non-hydrogen) atoms. The highest BCUT2D eigenvalue weighted by atomic mass is 32.1. The Morgan fingerprint density at radius 1 is 1.53 bits per heavy atom. The third kappa shape index (κ3) is 4.34. The summed E-state index contributed by atoms with van der Waals surface area (Å²) in [5.74, 6) is 0.868. The first kappa shape index (κ1) is 12.7. The average Bonchev–Trinajstić information content (AvgIpc) is 2.16. The summed E-state index contributed by atoms with van der Waals surface area (Å²) in [7, 11) is 1.71. The van der Waals surface area contributed by atoms with E-state index in [0.717, 1.165) is 30.7 Å². The smallest absolute Gasteiger partial charge is 0.169 e. The summed E-state index contributed by atoms with van der Waals surface area (Å²) < 4.78 is 4.98. The predicted molar refractivity (Wildman–Crippen MR) is 67.1 cm³/mol. The molecular weight excluding hydrogens is 208 g/mol. The fourth-order valence-electron chi connectivity index (χ4n) is 1.71. The minimum absolute atomic E-state index is 0.709. The van der Waals surface area contributed by atoms with E-state index in [-0.39, 0.29) is 0 Å². The summed E-state index contributed by atoms with van der Waals surface area (Å²) in [5.41, 5.74) is 0. The van der Waals surface area contributed by atoms with E-state index in [9.17, 15) is 0 Å². The Morgan fingerprint density at radius 3 is 2.73 bits per heavy atom. The molecule has 3 nitrogen and oxygen atoms in total. The Labute approximate surface area is 98.2 Å². The first-order valence-electron chi connectivity index (χ1n) is 5.79. The van der Waals surface area contributed by atoms with Crippen LogP contribution in [0, 0.1) is 5.92 Å². The molecule has 0 unspecified atom stereocenters. The summed E-state index contributed by atoms with van der Waals surface area (Å²) in [4.78, 5) is 2.26. The van der Waals surface area contributed by atoms with Gasteiger partial charge in [0, 0.05) is 26.7 Å². The summed E-state index contributed by atoms with van der Waals surface area (Å²) >= 11 is 5.34. The fourth-order valence-corrected chi connectivity index (χ4v) is 2.02. The van der Waals surface area contributed by atoms with Gasteiger partial charge < -0.3 is 15.0 Å². The van der Waals surface area contributed by atoms with Crippen LogP contribution in [-0.4, -0.2) is 43.4 Å². The monoisotopic (exact) mass is 230 g/mol. The summed E-state index contributed by atoms with van der Waals surface area (Å²) in [6.45, 7) is 5.78. The van der Waals surface area contributed by atoms with E-state index in [4.69, 9.17) is 17.0 Å². The Kier molecular flexibility index (Phi) is 5.95. The number of hydrogen-bond acceptors (Lipinski definition) is 2. The Bertz CT molecular complexity index is 195. The zero-order valence-electron chi connectivity index (χ0n) is 9.79. The van der Waals surface area contributed by atoms with Crippen LogP contribution in [0.25, 0.3) is 0 Å². The van der Waals surface area contributed by atoms with E-state index in [1.807, 2.05) is 0 Å². The topological polar surface area (TPSA) is 24.5 Å². The minimum Gasteiger partial charge on any atom is -0.383 e. The molecule has 1 N–H and O–H groups in total. The van der Waals surface area contributed by atoms with Crippen molar-refractivity contribution in [3.8, 4) is 0 Å². The van der Waals surface area contributed by atoms with Gasteiger partial charge >= 0.3 is 0 Å². The molecule has 0 atom stereocenters. The maximum Gasteiger partial charge on any atom is 0.169 e. The lowest BCUT2D eigenvalue weighted by molar-refractivity contribution is 0.201. The van der Waals surface area contributed by atoms with E-state index >= 15 is 0 Å². The molecule has 0 aromatic carbocycles. The SMILES string of the molecule is CCN(CC1CCC1)C(=S)NCCOC. The van der Waals surface area contributed by atoms with E-state index in [1.54, 1.807) is 7.11 Å². The minimum atomic E-state index is 0.709. The van der Waals surface area contributed by atoms with Crippen molar-refractivity contribution in [3.05, 3.63) is 0 Å². The van der Waals surface area contributed by atoms with Crippen molar-refractivity contribution in [3.63, 3.8) is 0 Å². The third-order valence-corrected chi connectivity index (χ3v) is 3.36. The van der Waals surface area contributed by atoms with Crippen LogP contribution in [0.4, 0.5) is 0 Å².